The highest BCUT2D eigenvalue weighted by Crippen LogP contribution is 2.32. The van der Waals surface area contributed by atoms with Crippen LogP contribution in [0.4, 0.5) is 8.78 Å². The fraction of sp³-hybridized carbons (Fsp3) is 0.333. The van der Waals surface area contributed by atoms with E-state index >= 15 is 0 Å². The van der Waals surface area contributed by atoms with Crippen molar-refractivity contribution in [3.05, 3.63) is 29.3 Å². The highest BCUT2D eigenvalue weighted by Gasteiger charge is 2.36. The standard InChI is InChI=1S/C9H10F2O5PS/c1-3-6-7(10)4-5-8(11)9(6)18(13,14)16-17(12)15-2/h4-5H,3H2,1-2H3/q+1. The highest BCUT2D eigenvalue weighted by atomic mass is 32.2. The molecule has 1 atom stereocenters. The molecule has 0 fully saturated rings. The van der Waals surface area contributed by atoms with Gasteiger partial charge in [0.2, 0.25) is 0 Å². The van der Waals surface area contributed by atoms with Crippen molar-refractivity contribution in [1.82, 2.24) is 0 Å². The molecule has 0 bridgehead atoms. The van der Waals surface area contributed by atoms with E-state index in [9.17, 15) is 21.8 Å². The van der Waals surface area contributed by atoms with Gasteiger partial charge in [0, 0.05) is 14.1 Å². The van der Waals surface area contributed by atoms with Crippen molar-refractivity contribution in [1.29, 1.82) is 0 Å². The van der Waals surface area contributed by atoms with Gasteiger partial charge in [-0.3, -0.25) is 0 Å². The fourth-order valence-corrected chi connectivity index (χ4v) is 3.36. The van der Waals surface area contributed by atoms with Gasteiger partial charge in [0.1, 0.15) is 16.5 Å². The van der Waals surface area contributed by atoms with Crippen molar-refractivity contribution in [3.8, 4) is 0 Å². The van der Waals surface area contributed by atoms with Crippen molar-refractivity contribution >= 4 is 18.4 Å². The second kappa shape index (κ2) is 5.79. The monoisotopic (exact) mass is 299 g/mol. The zero-order chi connectivity index (χ0) is 13.9. The second-order valence-electron chi connectivity index (χ2n) is 3.13. The summed E-state index contributed by atoms with van der Waals surface area (Å²) in [7, 11) is -6.69. The minimum atomic E-state index is -4.69. The van der Waals surface area contributed by atoms with Crippen molar-refractivity contribution in [3.63, 3.8) is 0 Å². The van der Waals surface area contributed by atoms with Crippen LogP contribution in [0.15, 0.2) is 17.0 Å². The molecule has 1 rings (SSSR count). The lowest BCUT2D eigenvalue weighted by atomic mass is 10.1. The average Bonchev–Trinajstić information content (AvgIpc) is 2.30. The van der Waals surface area contributed by atoms with E-state index in [1.807, 2.05) is 0 Å². The smallest absolute Gasteiger partial charge is 0.207 e. The van der Waals surface area contributed by atoms with Crippen molar-refractivity contribution in [2.75, 3.05) is 7.11 Å². The van der Waals surface area contributed by atoms with E-state index in [0.717, 1.165) is 13.2 Å². The van der Waals surface area contributed by atoms with Crippen LogP contribution < -0.4 is 0 Å². The highest BCUT2D eigenvalue weighted by molar-refractivity contribution is 7.89. The third kappa shape index (κ3) is 3.08. The lowest BCUT2D eigenvalue weighted by Crippen LogP contribution is -2.10. The molecular weight excluding hydrogens is 289 g/mol. The molecule has 0 spiro atoms. The molecule has 1 aromatic rings. The van der Waals surface area contributed by atoms with E-state index in [-0.39, 0.29) is 12.0 Å². The van der Waals surface area contributed by atoms with Gasteiger partial charge in [-0.2, -0.15) is 8.42 Å². The van der Waals surface area contributed by atoms with Gasteiger partial charge in [0.15, 0.2) is 0 Å². The van der Waals surface area contributed by atoms with Crippen molar-refractivity contribution in [2.24, 2.45) is 0 Å². The SMILES string of the molecule is CCc1c(F)ccc(F)c1S(=O)(=O)O[P+](=O)OC. The molecule has 100 valence electrons. The van der Waals surface area contributed by atoms with E-state index in [1.165, 1.54) is 6.92 Å². The maximum atomic E-state index is 13.5. The molecular formula is C9H10F2O5PS+. The van der Waals surface area contributed by atoms with Crippen LogP contribution in [0.5, 0.6) is 0 Å². The van der Waals surface area contributed by atoms with Gasteiger partial charge in [-0.1, -0.05) is 6.92 Å². The number of rotatable bonds is 5. The summed E-state index contributed by atoms with van der Waals surface area (Å²) in [6, 6.07) is 1.47. The Hall–Kier alpha value is -0.950. The van der Waals surface area contributed by atoms with Crippen LogP contribution in [0.2, 0.25) is 0 Å². The fourth-order valence-electron chi connectivity index (χ4n) is 1.32. The Morgan fingerprint density at radius 2 is 1.83 bits per heavy atom. The summed E-state index contributed by atoms with van der Waals surface area (Å²) in [6.45, 7) is 1.45. The van der Waals surface area contributed by atoms with Gasteiger partial charge >= 0.3 is 18.4 Å². The van der Waals surface area contributed by atoms with Crippen LogP contribution >= 0.6 is 8.25 Å². The lowest BCUT2D eigenvalue weighted by molar-refractivity contribution is 0.347. The van der Waals surface area contributed by atoms with Gasteiger partial charge in [-0.25, -0.2) is 8.78 Å². The van der Waals surface area contributed by atoms with Crippen LogP contribution in [0.1, 0.15) is 12.5 Å². The molecule has 0 aromatic heterocycles. The molecule has 0 aliphatic heterocycles. The first-order valence-corrected chi connectivity index (χ1v) is 7.26. The summed E-state index contributed by atoms with van der Waals surface area (Å²) in [5.74, 6) is -2.05. The van der Waals surface area contributed by atoms with Crippen LogP contribution in [-0.2, 0) is 29.6 Å². The van der Waals surface area contributed by atoms with E-state index in [0.29, 0.717) is 6.07 Å². The zero-order valence-corrected chi connectivity index (χ0v) is 11.2. The first kappa shape index (κ1) is 15.1. The molecule has 1 unspecified atom stereocenters. The Morgan fingerprint density at radius 3 is 2.33 bits per heavy atom. The zero-order valence-electron chi connectivity index (χ0n) is 9.51. The molecule has 0 aliphatic rings. The Bertz CT molecular complexity index is 573. The number of halogens is 2. The summed E-state index contributed by atoms with van der Waals surface area (Å²) < 4.78 is 69.4. The number of benzene rings is 1. The van der Waals surface area contributed by atoms with E-state index in [1.54, 1.807) is 0 Å². The van der Waals surface area contributed by atoms with Crippen molar-refractivity contribution < 1.29 is 30.3 Å². The van der Waals surface area contributed by atoms with Crippen LogP contribution in [0.25, 0.3) is 0 Å². The molecule has 0 N–H and O–H groups in total. The normalized spacial score (nSPS) is 12.6. The molecule has 0 heterocycles. The molecule has 5 nitrogen and oxygen atoms in total. The van der Waals surface area contributed by atoms with Gasteiger partial charge in [-0.15, -0.1) is 4.52 Å². The third-order valence-corrected chi connectivity index (χ3v) is 4.58. The van der Waals surface area contributed by atoms with Gasteiger partial charge in [0.05, 0.1) is 7.11 Å². The Balaban J connectivity index is 3.40. The number of hydrogen-bond donors (Lipinski definition) is 0. The minimum Gasteiger partial charge on any atom is -0.207 e. The lowest BCUT2D eigenvalue weighted by Gasteiger charge is -2.06. The van der Waals surface area contributed by atoms with E-state index in [4.69, 9.17) is 0 Å². The van der Waals surface area contributed by atoms with E-state index in [2.05, 4.69) is 8.49 Å². The Morgan fingerprint density at radius 1 is 1.28 bits per heavy atom. The summed E-state index contributed by atoms with van der Waals surface area (Å²) in [5, 5.41) is 0. The van der Waals surface area contributed by atoms with E-state index < -0.39 is 34.9 Å². The summed E-state index contributed by atoms with van der Waals surface area (Å²) >= 11 is 0. The first-order chi connectivity index (χ1) is 8.33. The van der Waals surface area contributed by atoms with Gasteiger partial charge in [-0.05, 0) is 18.6 Å². The molecule has 1 aromatic carbocycles. The predicted octanol–water partition coefficient (Wildman–Crippen LogP) is 2.54. The van der Waals surface area contributed by atoms with Crippen LogP contribution in [0.3, 0.4) is 0 Å². The summed E-state index contributed by atoms with van der Waals surface area (Å²) in [6.07, 6.45) is -0.0642. The molecule has 9 heteroatoms. The molecule has 0 aliphatic carbocycles. The molecule has 0 amide bonds. The Kier molecular flexibility index (Phi) is 4.86. The third-order valence-electron chi connectivity index (χ3n) is 2.07. The maximum absolute atomic E-state index is 13.5. The van der Waals surface area contributed by atoms with Gasteiger partial charge < -0.3 is 0 Å². The minimum absolute atomic E-state index is 0.0642. The van der Waals surface area contributed by atoms with Crippen molar-refractivity contribution in [2.45, 2.75) is 18.2 Å². The number of hydrogen-bond acceptors (Lipinski definition) is 5. The molecule has 0 saturated heterocycles. The predicted molar refractivity (Wildman–Crippen MR) is 58.6 cm³/mol. The largest absolute Gasteiger partial charge is 0.714 e. The Labute approximate surface area is 104 Å². The summed E-state index contributed by atoms with van der Waals surface area (Å²) in [5.41, 5.74) is -0.366. The molecule has 0 radical (unpaired) electrons. The average molecular weight is 299 g/mol. The first-order valence-electron chi connectivity index (χ1n) is 4.76. The maximum Gasteiger partial charge on any atom is 0.714 e. The van der Waals surface area contributed by atoms with Crippen LogP contribution in [0, 0.1) is 11.6 Å². The second-order valence-corrected chi connectivity index (χ2v) is 5.85. The summed E-state index contributed by atoms with van der Waals surface area (Å²) in [4.78, 5) is -0.953. The van der Waals surface area contributed by atoms with Gasteiger partial charge in [0.25, 0.3) is 0 Å². The molecule has 18 heavy (non-hydrogen) atoms. The topological polar surface area (TPSA) is 69.7 Å². The van der Waals surface area contributed by atoms with Crippen LogP contribution in [-0.4, -0.2) is 15.5 Å². The quantitative estimate of drug-likeness (QED) is 0.781. The molecule has 0 saturated carbocycles.